The molecule has 3 rings (SSSR count). The van der Waals surface area contributed by atoms with E-state index in [4.69, 9.17) is 9.26 Å². The Kier molecular flexibility index (Phi) is 4.84. The van der Waals surface area contributed by atoms with Crippen molar-refractivity contribution >= 4 is 11.7 Å². The predicted octanol–water partition coefficient (Wildman–Crippen LogP) is 2.33. The van der Waals surface area contributed by atoms with Gasteiger partial charge in [-0.05, 0) is 26.7 Å². The van der Waals surface area contributed by atoms with Gasteiger partial charge in [-0.15, -0.1) is 0 Å². The van der Waals surface area contributed by atoms with E-state index in [1.807, 2.05) is 20.0 Å². The molecule has 1 unspecified atom stereocenters. The summed E-state index contributed by atoms with van der Waals surface area (Å²) in [6, 6.07) is -0.202. The Bertz CT molecular complexity index is 683. The van der Waals surface area contributed by atoms with E-state index in [1.54, 1.807) is 22.8 Å². The first-order chi connectivity index (χ1) is 11.5. The molecule has 0 bridgehead atoms. The van der Waals surface area contributed by atoms with Gasteiger partial charge in [0.1, 0.15) is 5.76 Å². The van der Waals surface area contributed by atoms with E-state index in [2.05, 4.69) is 15.6 Å². The van der Waals surface area contributed by atoms with Gasteiger partial charge in [-0.25, -0.2) is 4.79 Å². The zero-order valence-corrected chi connectivity index (χ0v) is 14.3. The summed E-state index contributed by atoms with van der Waals surface area (Å²) in [7, 11) is 1.73. The maximum Gasteiger partial charge on any atom is 0.321 e. The minimum absolute atomic E-state index is 0.202. The summed E-state index contributed by atoms with van der Waals surface area (Å²) >= 11 is 0. The number of hydrogen-bond donors (Lipinski definition) is 1. The highest BCUT2D eigenvalue weighted by molar-refractivity contribution is 5.88. The van der Waals surface area contributed by atoms with Crippen LogP contribution >= 0.6 is 0 Å². The molecule has 2 amide bonds. The third kappa shape index (κ3) is 3.76. The average Bonchev–Trinajstić information content (AvgIpc) is 3.27. The second-order valence-electron chi connectivity index (χ2n) is 6.18. The van der Waals surface area contributed by atoms with Gasteiger partial charge in [-0.3, -0.25) is 4.68 Å². The monoisotopic (exact) mass is 333 g/mol. The van der Waals surface area contributed by atoms with Gasteiger partial charge in [-0.1, -0.05) is 5.16 Å². The van der Waals surface area contributed by atoms with Gasteiger partial charge in [0.25, 0.3) is 0 Å². The maximum absolute atomic E-state index is 12.3. The quantitative estimate of drug-likeness (QED) is 0.907. The van der Waals surface area contributed by atoms with Crippen LogP contribution in [0.25, 0.3) is 0 Å². The van der Waals surface area contributed by atoms with Crippen molar-refractivity contribution in [3.63, 3.8) is 0 Å². The first kappa shape index (κ1) is 16.5. The third-order valence-electron chi connectivity index (χ3n) is 4.22. The molecule has 24 heavy (non-hydrogen) atoms. The molecule has 1 aliphatic rings. The largest absolute Gasteiger partial charge is 0.376 e. The number of nitrogens with one attached hydrogen (secondary N) is 1. The van der Waals surface area contributed by atoms with Crippen molar-refractivity contribution < 1.29 is 14.1 Å². The van der Waals surface area contributed by atoms with Crippen molar-refractivity contribution in [3.05, 3.63) is 29.4 Å². The van der Waals surface area contributed by atoms with Gasteiger partial charge in [0, 0.05) is 25.4 Å². The highest BCUT2D eigenvalue weighted by atomic mass is 16.5. The standard InChI is InChI=1S/C16H23N5O3/c1-11-15(12(2)24-19-11)10-20(3)16(22)18-13-7-17-21(8-13)9-14-5-4-6-23-14/h7-8,14H,4-6,9-10H2,1-3H3,(H,18,22). The molecule has 0 aromatic carbocycles. The van der Waals surface area contributed by atoms with E-state index in [1.165, 1.54) is 0 Å². The first-order valence-corrected chi connectivity index (χ1v) is 8.11. The fourth-order valence-electron chi connectivity index (χ4n) is 2.78. The Labute approximate surface area is 140 Å². The number of nitrogens with zero attached hydrogens (tertiary/aromatic N) is 4. The Morgan fingerprint density at radius 2 is 2.33 bits per heavy atom. The number of carbonyl (C=O) groups excluding carboxylic acids is 1. The van der Waals surface area contributed by atoms with Crippen LogP contribution in [0.4, 0.5) is 10.5 Å². The van der Waals surface area contributed by atoms with E-state index >= 15 is 0 Å². The van der Waals surface area contributed by atoms with Crippen molar-refractivity contribution in [2.75, 3.05) is 19.0 Å². The number of rotatable bonds is 5. The van der Waals surface area contributed by atoms with Crippen LogP contribution in [-0.2, 0) is 17.8 Å². The molecule has 2 aromatic heterocycles. The van der Waals surface area contributed by atoms with Gasteiger partial charge in [0.2, 0.25) is 0 Å². The number of aryl methyl sites for hydroxylation is 2. The molecule has 3 heterocycles. The Morgan fingerprint density at radius 3 is 3.00 bits per heavy atom. The summed E-state index contributed by atoms with van der Waals surface area (Å²) in [4.78, 5) is 13.9. The molecular formula is C16H23N5O3. The van der Waals surface area contributed by atoms with Crippen molar-refractivity contribution in [1.29, 1.82) is 0 Å². The SMILES string of the molecule is Cc1noc(C)c1CN(C)C(=O)Nc1cnn(CC2CCCO2)c1. The molecule has 1 atom stereocenters. The van der Waals surface area contributed by atoms with E-state index in [9.17, 15) is 4.79 Å². The predicted molar refractivity (Wildman–Crippen MR) is 87.7 cm³/mol. The second-order valence-corrected chi connectivity index (χ2v) is 6.18. The molecule has 1 saturated heterocycles. The normalized spacial score (nSPS) is 17.2. The van der Waals surface area contributed by atoms with E-state index in [0.717, 1.165) is 36.5 Å². The fraction of sp³-hybridized carbons (Fsp3) is 0.562. The summed E-state index contributed by atoms with van der Waals surface area (Å²) in [5.41, 5.74) is 2.40. The minimum Gasteiger partial charge on any atom is -0.376 e. The van der Waals surface area contributed by atoms with Gasteiger partial charge in [0.05, 0.1) is 36.8 Å². The fourth-order valence-corrected chi connectivity index (χ4v) is 2.78. The van der Waals surface area contributed by atoms with Crippen LogP contribution < -0.4 is 5.32 Å². The number of hydrogen-bond acceptors (Lipinski definition) is 5. The van der Waals surface area contributed by atoms with Crippen LogP contribution in [0.15, 0.2) is 16.9 Å². The molecule has 0 saturated carbocycles. The molecule has 1 N–H and O–H groups in total. The molecule has 1 fully saturated rings. The molecule has 8 nitrogen and oxygen atoms in total. The highest BCUT2D eigenvalue weighted by Gasteiger charge is 2.18. The van der Waals surface area contributed by atoms with Crippen LogP contribution in [0.1, 0.15) is 29.9 Å². The number of urea groups is 1. The zero-order valence-electron chi connectivity index (χ0n) is 14.3. The highest BCUT2D eigenvalue weighted by Crippen LogP contribution is 2.16. The number of aromatic nitrogens is 3. The molecule has 1 aliphatic heterocycles. The van der Waals surface area contributed by atoms with Crippen LogP contribution in [0, 0.1) is 13.8 Å². The van der Waals surface area contributed by atoms with Crippen LogP contribution in [0.5, 0.6) is 0 Å². The molecule has 0 spiro atoms. The molecule has 0 radical (unpaired) electrons. The van der Waals surface area contributed by atoms with Gasteiger partial charge >= 0.3 is 6.03 Å². The molecule has 130 valence electrons. The summed E-state index contributed by atoms with van der Waals surface area (Å²) in [6.07, 6.45) is 5.85. The summed E-state index contributed by atoms with van der Waals surface area (Å²) in [6.45, 7) is 5.69. The number of amides is 2. The second kappa shape index (κ2) is 7.04. The Balaban J connectivity index is 1.55. The lowest BCUT2D eigenvalue weighted by Crippen LogP contribution is -2.31. The van der Waals surface area contributed by atoms with Gasteiger partial charge < -0.3 is 19.5 Å². The van der Waals surface area contributed by atoms with Crippen LogP contribution in [-0.4, -0.2) is 45.6 Å². The minimum atomic E-state index is -0.202. The third-order valence-corrected chi connectivity index (χ3v) is 4.22. The Hall–Kier alpha value is -2.35. The Morgan fingerprint density at radius 1 is 1.50 bits per heavy atom. The van der Waals surface area contributed by atoms with Gasteiger partial charge in [0.15, 0.2) is 0 Å². The summed E-state index contributed by atoms with van der Waals surface area (Å²) < 4.78 is 12.5. The molecule has 8 heteroatoms. The lowest BCUT2D eigenvalue weighted by molar-refractivity contribution is 0.0940. The molecule has 2 aromatic rings. The number of ether oxygens (including phenoxy) is 1. The first-order valence-electron chi connectivity index (χ1n) is 8.11. The summed E-state index contributed by atoms with van der Waals surface area (Å²) in [5.74, 6) is 0.733. The lowest BCUT2D eigenvalue weighted by Gasteiger charge is -2.17. The van der Waals surface area contributed by atoms with E-state index in [0.29, 0.717) is 18.8 Å². The van der Waals surface area contributed by atoms with Gasteiger partial charge in [-0.2, -0.15) is 5.10 Å². The molecular weight excluding hydrogens is 310 g/mol. The zero-order chi connectivity index (χ0) is 17.1. The number of carbonyl (C=O) groups is 1. The van der Waals surface area contributed by atoms with E-state index < -0.39 is 0 Å². The maximum atomic E-state index is 12.3. The van der Waals surface area contributed by atoms with Crippen LogP contribution in [0.3, 0.4) is 0 Å². The smallest absolute Gasteiger partial charge is 0.321 e. The van der Waals surface area contributed by atoms with E-state index in [-0.39, 0.29) is 12.1 Å². The van der Waals surface area contributed by atoms with Crippen LogP contribution in [0.2, 0.25) is 0 Å². The van der Waals surface area contributed by atoms with Crippen molar-refractivity contribution in [3.8, 4) is 0 Å². The number of anilines is 1. The summed E-state index contributed by atoms with van der Waals surface area (Å²) in [5, 5.41) is 11.0. The van der Waals surface area contributed by atoms with Crippen molar-refractivity contribution in [2.24, 2.45) is 0 Å². The van der Waals surface area contributed by atoms with Crippen molar-refractivity contribution in [1.82, 2.24) is 19.8 Å². The topological polar surface area (TPSA) is 85.4 Å². The van der Waals surface area contributed by atoms with Crippen molar-refractivity contribution in [2.45, 2.75) is 45.9 Å². The lowest BCUT2D eigenvalue weighted by atomic mass is 10.2. The average molecular weight is 333 g/mol. The molecule has 0 aliphatic carbocycles.